The SMILES string of the molecule is BC1(c2ccccc2Br)OC(N)=C(OS(=O)(=O)C(B)(B)c2ccccc2)C1=O. The van der Waals surface area contributed by atoms with Crippen molar-refractivity contribution in [1.82, 2.24) is 0 Å². The summed E-state index contributed by atoms with van der Waals surface area (Å²) in [4.78, 5) is 13.1. The van der Waals surface area contributed by atoms with Gasteiger partial charge in [-0.2, -0.15) is 8.42 Å². The average molecular weight is 460 g/mol. The van der Waals surface area contributed by atoms with E-state index < -0.39 is 31.7 Å². The molecule has 0 bridgehead atoms. The molecular formula is C17H17B3BrNO5S. The maximum Gasteiger partial charge on any atom is 0.304 e. The van der Waals surface area contributed by atoms with Crippen molar-refractivity contribution in [2.24, 2.45) is 5.73 Å². The molecule has 0 aromatic heterocycles. The van der Waals surface area contributed by atoms with E-state index in [9.17, 15) is 13.2 Å². The van der Waals surface area contributed by atoms with Gasteiger partial charge in [0, 0.05) is 10.0 Å². The molecule has 0 spiro atoms. The second-order valence-electron chi connectivity index (χ2n) is 7.05. The first-order valence-corrected chi connectivity index (χ1v) is 10.7. The molecule has 0 aliphatic carbocycles. The van der Waals surface area contributed by atoms with Crippen molar-refractivity contribution in [3.05, 3.63) is 81.8 Å². The molecule has 0 saturated heterocycles. The zero-order chi connectivity index (χ0) is 20.7. The summed E-state index contributed by atoms with van der Waals surface area (Å²) in [5.41, 5.74) is 5.40. The summed E-state index contributed by atoms with van der Waals surface area (Å²) in [5.74, 6) is -1.54. The molecule has 0 saturated carbocycles. The number of ketones is 1. The van der Waals surface area contributed by atoms with Crippen LogP contribution >= 0.6 is 15.9 Å². The fraction of sp³-hybridized carbons (Fsp3) is 0.118. The van der Waals surface area contributed by atoms with E-state index in [0.29, 0.717) is 15.6 Å². The molecule has 1 unspecified atom stereocenters. The number of hydrogen-bond acceptors (Lipinski definition) is 6. The van der Waals surface area contributed by atoms with E-state index in [2.05, 4.69) is 15.9 Å². The molecule has 2 aromatic rings. The predicted octanol–water partition coefficient (Wildman–Crippen LogP) is -0.615. The standard InChI is InChI=1S/C17H17B3BrNO5S/c18-16(11-8-4-5-9-12(11)21)14(23)13(15(22)26-16)27-28(24,25)17(19,20)10-6-2-1-3-7-10/h1-9H,18-20,22H2. The fourth-order valence-electron chi connectivity index (χ4n) is 2.94. The molecule has 2 N–H and O–H groups in total. The van der Waals surface area contributed by atoms with Gasteiger partial charge in [0.1, 0.15) is 15.7 Å². The van der Waals surface area contributed by atoms with Gasteiger partial charge < -0.3 is 14.7 Å². The molecule has 0 radical (unpaired) electrons. The Morgan fingerprint density at radius 1 is 1.07 bits per heavy atom. The topological polar surface area (TPSA) is 95.7 Å². The summed E-state index contributed by atoms with van der Waals surface area (Å²) in [6.45, 7) is 0. The number of Topliss-reactive ketones (excluding diaryl/α,β-unsaturated/α-hetero) is 1. The highest BCUT2D eigenvalue weighted by atomic mass is 79.9. The third-order valence-electron chi connectivity index (χ3n) is 4.85. The summed E-state index contributed by atoms with van der Waals surface area (Å²) >= 11 is 3.38. The molecule has 28 heavy (non-hydrogen) atoms. The number of carbonyl (C=O) groups is 1. The van der Waals surface area contributed by atoms with Gasteiger partial charge in [0.15, 0.2) is 13.3 Å². The molecule has 2 aromatic carbocycles. The highest BCUT2D eigenvalue weighted by Crippen LogP contribution is 2.40. The lowest BCUT2D eigenvalue weighted by molar-refractivity contribution is -0.126. The van der Waals surface area contributed by atoms with Crippen LogP contribution in [0, 0.1) is 0 Å². The van der Waals surface area contributed by atoms with Crippen LogP contribution < -0.4 is 5.73 Å². The maximum atomic E-state index is 13.1. The first-order valence-electron chi connectivity index (χ1n) is 8.49. The molecule has 0 amide bonds. The number of benzene rings is 2. The largest absolute Gasteiger partial charge is 0.467 e. The van der Waals surface area contributed by atoms with Crippen molar-refractivity contribution in [3.63, 3.8) is 0 Å². The minimum Gasteiger partial charge on any atom is -0.467 e. The molecular weight excluding hydrogens is 443 g/mol. The fourth-order valence-corrected chi connectivity index (χ4v) is 4.62. The van der Waals surface area contributed by atoms with Crippen molar-refractivity contribution in [2.45, 2.75) is 10.0 Å². The Hall–Kier alpha value is -2.13. The lowest BCUT2D eigenvalue weighted by atomic mass is 9.65. The monoisotopic (exact) mass is 459 g/mol. The minimum atomic E-state index is -4.26. The first-order chi connectivity index (χ1) is 13.0. The van der Waals surface area contributed by atoms with E-state index in [-0.39, 0.29) is 5.88 Å². The molecule has 0 fully saturated rings. The van der Waals surface area contributed by atoms with Crippen molar-refractivity contribution < 1.29 is 22.1 Å². The Bertz CT molecular complexity index is 1080. The van der Waals surface area contributed by atoms with E-state index in [4.69, 9.17) is 14.7 Å². The number of rotatable bonds is 5. The van der Waals surface area contributed by atoms with Crippen LogP contribution in [0.25, 0.3) is 0 Å². The quantitative estimate of drug-likeness (QED) is 0.473. The summed E-state index contributed by atoms with van der Waals surface area (Å²) in [6.07, 6.45) is 0. The van der Waals surface area contributed by atoms with Gasteiger partial charge in [0.05, 0.1) is 4.55 Å². The average Bonchev–Trinajstić information content (AvgIpc) is 2.86. The van der Waals surface area contributed by atoms with Crippen LogP contribution in [-0.4, -0.2) is 37.7 Å². The van der Waals surface area contributed by atoms with Gasteiger partial charge in [0.25, 0.3) is 0 Å². The molecule has 6 nitrogen and oxygen atoms in total. The predicted molar refractivity (Wildman–Crippen MR) is 117 cm³/mol. The highest BCUT2D eigenvalue weighted by molar-refractivity contribution is 9.10. The second-order valence-corrected chi connectivity index (χ2v) is 10.0. The summed E-state index contributed by atoms with van der Waals surface area (Å²) in [6, 6.07) is 15.6. The molecule has 1 aliphatic rings. The molecule has 1 heterocycles. The van der Waals surface area contributed by atoms with Gasteiger partial charge in [-0.15, -0.1) is 0 Å². The van der Waals surface area contributed by atoms with Gasteiger partial charge >= 0.3 is 10.1 Å². The van der Waals surface area contributed by atoms with Crippen LogP contribution in [0.5, 0.6) is 0 Å². The number of carbonyl (C=O) groups excluding carboxylic acids is 1. The lowest BCUT2D eigenvalue weighted by Crippen LogP contribution is -2.40. The Labute approximate surface area is 175 Å². The summed E-state index contributed by atoms with van der Waals surface area (Å²) < 4.78 is 36.0. The van der Waals surface area contributed by atoms with E-state index in [1.54, 1.807) is 54.6 Å². The van der Waals surface area contributed by atoms with Crippen molar-refractivity contribution in [1.29, 1.82) is 0 Å². The van der Waals surface area contributed by atoms with Gasteiger partial charge in [-0.1, -0.05) is 64.5 Å². The molecule has 1 atom stereocenters. The molecule has 1 aliphatic heterocycles. The lowest BCUT2D eigenvalue weighted by Gasteiger charge is -2.26. The maximum absolute atomic E-state index is 13.1. The zero-order valence-electron chi connectivity index (χ0n) is 15.6. The molecule has 142 valence electrons. The van der Waals surface area contributed by atoms with E-state index in [0.717, 1.165) is 0 Å². The summed E-state index contributed by atoms with van der Waals surface area (Å²) in [5, 5.41) is 0. The Morgan fingerprint density at radius 2 is 1.64 bits per heavy atom. The summed E-state index contributed by atoms with van der Waals surface area (Å²) in [7, 11) is 0.270. The van der Waals surface area contributed by atoms with E-state index >= 15 is 0 Å². The molecule has 3 rings (SSSR count). The second kappa shape index (κ2) is 7.04. The first kappa shape index (κ1) is 20.6. The number of ether oxygens (including phenoxy) is 1. The van der Waals surface area contributed by atoms with Crippen LogP contribution in [0.1, 0.15) is 11.1 Å². The molecule has 11 heteroatoms. The highest BCUT2D eigenvalue weighted by Gasteiger charge is 2.51. The van der Waals surface area contributed by atoms with Crippen molar-refractivity contribution in [2.75, 3.05) is 0 Å². The van der Waals surface area contributed by atoms with Crippen molar-refractivity contribution in [3.8, 4) is 0 Å². The van der Waals surface area contributed by atoms with Crippen molar-refractivity contribution >= 4 is 55.4 Å². The van der Waals surface area contributed by atoms with Gasteiger partial charge in [-0.25, -0.2) is 0 Å². The Balaban J connectivity index is 1.96. The Kier molecular flexibility index (Phi) is 5.18. The van der Waals surface area contributed by atoms with Crippen LogP contribution in [0.3, 0.4) is 0 Å². The van der Waals surface area contributed by atoms with Crippen LogP contribution in [0.4, 0.5) is 0 Å². The number of halogens is 1. The smallest absolute Gasteiger partial charge is 0.304 e. The van der Waals surface area contributed by atoms with Crippen LogP contribution in [-0.2, 0) is 33.9 Å². The third kappa shape index (κ3) is 3.26. The number of nitrogens with two attached hydrogens (primary N) is 1. The number of hydrogen-bond donors (Lipinski definition) is 1. The normalized spacial score (nSPS) is 20.1. The minimum absolute atomic E-state index is 0.365. The van der Waals surface area contributed by atoms with Gasteiger partial charge in [0.2, 0.25) is 17.4 Å². The Morgan fingerprint density at radius 3 is 2.25 bits per heavy atom. The van der Waals surface area contributed by atoms with Crippen LogP contribution in [0.2, 0.25) is 0 Å². The van der Waals surface area contributed by atoms with E-state index in [1.807, 2.05) is 0 Å². The third-order valence-corrected chi connectivity index (χ3v) is 7.42. The van der Waals surface area contributed by atoms with Gasteiger partial charge in [-0.05, 0) is 11.6 Å². The van der Waals surface area contributed by atoms with E-state index in [1.165, 1.54) is 23.5 Å². The van der Waals surface area contributed by atoms with Gasteiger partial charge in [-0.3, -0.25) is 4.79 Å². The zero-order valence-corrected chi connectivity index (χ0v) is 18.0. The van der Waals surface area contributed by atoms with Crippen LogP contribution in [0.15, 0.2) is 70.7 Å².